The number of anilines is 1. The Morgan fingerprint density at radius 3 is 2.29 bits per heavy atom. The molecule has 0 fully saturated rings. The lowest BCUT2D eigenvalue weighted by Crippen LogP contribution is -2.21. The lowest BCUT2D eigenvalue weighted by atomic mass is 10.1. The van der Waals surface area contributed by atoms with Crippen molar-refractivity contribution in [3.05, 3.63) is 64.1 Å². The largest absolute Gasteiger partial charge is 0.326 e. The number of amides is 2. The number of carbonyl (C=O) groups excluding carboxylic acids is 2. The molecule has 2 aromatic rings. The van der Waals surface area contributed by atoms with Gasteiger partial charge in [0, 0.05) is 21.4 Å². The van der Waals surface area contributed by atoms with Crippen LogP contribution in [0, 0.1) is 6.92 Å². The monoisotopic (exact) mass is 387 g/mol. The van der Waals surface area contributed by atoms with E-state index in [0.29, 0.717) is 17.0 Å². The molecule has 0 bridgehead atoms. The Morgan fingerprint density at radius 1 is 1.04 bits per heavy atom. The van der Waals surface area contributed by atoms with Crippen molar-refractivity contribution in [2.24, 2.45) is 5.10 Å². The Balaban J connectivity index is 1.86. The number of rotatable bonds is 5. The summed E-state index contributed by atoms with van der Waals surface area (Å²) in [5.74, 6) is -0.495. The molecular weight excluding hydrogens is 370 g/mol. The average Bonchev–Trinajstić information content (AvgIpc) is 2.55. The number of benzene rings is 2. The van der Waals surface area contributed by atoms with Crippen LogP contribution in [0.2, 0.25) is 0 Å². The molecule has 0 atom stereocenters. The summed E-state index contributed by atoms with van der Waals surface area (Å²) < 4.78 is 0.942. The van der Waals surface area contributed by atoms with E-state index < -0.39 is 0 Å². The van der Waals surface area contributed by atoms with Gasteiger partial charge in [-0.2, -0.15) is 5.10 Å². The van der Waals surface area contributed by atoms with Crippen LogP contribution in [0.25, 0.3) is 0 Å². The van der Waals surface area contributed by atoms with Crippen LogP contribution < -0.4 is 10.7 Å². The van der Waals surface area contributed by atoms with Gasteiger partial charge in [-0.25, -0.2) is 5.43 Å². The van der Waals surface area contributed by atoms with Gasteiger partial charge in [-0.1, -0.05) is 33.6 Å². The van der Waals surface area contributed by atoms with E-state index >= 15 is 0 Å². The summed E-state index contributed by atoms with van der Waals surface area (Å²) in [5, 5.41) is 6.74. The first kappa shape index (κ1) is 17.9. The van der Waals surface area contributed by atoms with Crippen LogP contribution in [0.5, 0.6) is 0 Å². The van der Waals surface area contributed by atoms with Crippen molar-refractivity contribution in [1.29, 1.82) is 0 Å². The molecule has 0 heterocycles. The Morgan fingerprint density at radius 2 is 1.67 bits per heavy atom. The summed E-state index contributed by atoms with van der Waals surface area (Å²) in [4.78, 5) is 23.9. The third kappa shape index (κ3) is 5.62. The first-order chi connectivity index (χ1) is 11.4. The van der Waals surface area contributed by atoms with Gasteiger partial charge in [-0.15, -0.1) is 0 Å². The second kappa shape index (κ2) is 8.40. The van der Waals surface area contributed by atoms with Gasteiger partial charge in [-0.3, -0.25) is 9.59 Å². The molecule has 0 aromatic heterocycles. The quantitative estimate of drug-likeness (QED) is 0.603. The third-order valence-corrected chi connectivity index (χ3v) is 3.74. The van der Waals surface area contributed by atoms with Gasteiger partial charge in [0.2, 0.25) is 5.91 Å². The lowest BCUT2D eigenvalue weighted by Gasteiger charge is -2.06. The zero-order valence-electron chi connectivity index (χ0n) is 13.5. The van der Waals surface area contributed by atoms with Crippen molar-refractivity contribution in [1.82, 2.24) is 5.43 Å². The van der Waals surface area contributed by atoms with Crippen molar-refractivity contribution < 1.29 is 9.59 Å². The van der Waals surface area contributed by atoms with Crippen LogP contribution in [0.4, 0.5) is 5.69 Å². The number of carbonyl (C=O) groups is 2. The number of hydrogen-bond donors (Lipinski definition) is 2. The van der Waals surface area contributed by atoms with E-state index in [1.807, 2.05) is 31.2 Å². The SMILES string of the molecule is C/C(CC(=O)Nc1ccc(Br)cc1)=N\NC(=O)c1ccc(C)cc1. The first-order valence-corrected chi connectivity index (χ1v) is 8.19. The molecule has 6 heteroatoms. The van der Waals surface area contributed by atoms with Gasteiger partial charge in [0.25, 0.3) is 5.91 Å². The smallest absolute Gasteiger partial charge is 0.271 e. The van der Waals surface area contributed by atoms with E-state index in [9.17, 15) is 9.59 Å². The minimum atomic E-state index is -0.303. The Hall–Kier alpha value is -2.47. The molecule has 0 unspecified atom stereocenters. The molecule has 2 rings (SSSR count). The summed E-state index contributed by atoms with van der Waals surface area (Å²) in [6, 6.07) is 14.5. The molecule has 0 saturated heterocycles. The Labute approximate surface area is 149 Å². The number of hydrazone groups is 1. The molecule has 0 aliphatic heterocycles. The van der Waals surface area contributed by atoms with Crippen LogP contribution >= 0.6 is 15.9 Å². The van der Waals surface area contributed by atoms with E-state index in [-0.39, 0.29) is 18.2 Å². The number of nitrogens with zero attached hydrogens (tertiary/aromatic N) is 1. The second-order valence-electron chi connectivity index (χ2n) is 5.39. The second-order valence-corrected chi connectivity index (χ2v) is 6.30. The summed E-state index contributed by atoms with van der Waals surface area (Å²) in [7, 11) is 0. The van der Waals surface area contributed by atoms with E-state index in [2.05, 4.69) is 31.8 Å². The van der Waals surface area contributed by atoms with Crippen LogP contribution in [-0.2, 0) is 4.79 Å². The molecular formula is C18H18BrN3O2. The predicted molar refractivity (Wildman–Crippen MR) is 99.1 cm³/mol. The minimum Gasteiger partial charge on any atom is -0.326 e. The number of halogens is 1. The van der Waals surface area contributed by atoms with E-state index in [4.69, 9.17) is 0 Å². The highest BCUT2D eigenvalue weighted by Gasteiger charge is 2.07. The van der Waals surface area contributed by atoms with Crippen LogP contribution in [0.3, 0.4) is 0 Å². The maximum absolute atomic E-state index is 11.9. The van der Waals surface area contributed by atoms with Crippen molar-refractivity contribution >= 4 is 39.1 Å². The fraction of sp³-hybridized carbons (Fsp3) is 0.167. The molecule has 0 saturated carbocycles. The number of nitrogens with one attached hydrogen (secondary N) is 2. The third-order valence-electron chi connectivity index (χ3n) is 3.21. The average molecular weight is 388 g/mol. The zero-order chi connectivity index (χ0) is 17.5. The van der Waals surface area contributed by atoms with Gasteiger partial charge in [0.1, 0.15) is 0 Å². The van der Waals surface area contributed by atoms with Crippen LogP contribution in [-0.4, -0.2) is 17.5 Å². The Bertz CT molecular complexity index is 753. The molecule has 0 aliphatic carbocycles. The molecule has 5 nitrogen and oxygen atoms in total. The molecule has 2 amide bonds. The van der Waals surface area contributed by atoms with Crippen LogP contribution in [0.1, 0.15) is 29.3 Å². The molecule has 124 valence electrons. The predicted octanol–water partition coefficient (Wildman–Crippen LogP) is 3.89. The maximum Gasteiger partial charge on any atom is 0.271 e. The summed E-state index contributed by atoms with van der Waals surface area (Å²) >= 11 is 3.34. The van der Waals surface area contributed by atoms with Crippen LogP contribution in [0.15, 0.2) is 58.1 Å². The van der Waals surface area contributed by atoms with Gasteiger partial charge in [-0.05, 0) is 50.2 Å². The van der Waals surface area contributed by atoms with Crippen molar-refractivity contribution in [3.63, 3.8) is 0 Å². The maximum atomic E-state index is 11.9. The number of hydrogen-bond acceptors (Lipinski definition) is 3. The fourth-order valence-electron chi connectivity index (χ4n) is 1.93. The van der Waals surface area contributed by atoms with E-state index in [1.54, 1.807) is 31.2 Å². The van der Waals surface area contributed by atoms with Crippen molar-refractivity contribution in [3.8, 4) is 0 Å². The summed E-state index contributed by atoms with van der Waals surface area (Å²) in [6.07, 6.45) is 0.101. The summed E-state index contributed by atoms with van der Waals surface area (Å²) in [5.41, 5.74) is 5.29. The van der Waals surface area contributed by atoms with Gasteiger partial charge < -0.3 is 5.32 Å². The van der Waals surface area contributed by atoms with E-state index in [1.165, 1.54) is 0 Å². The van der Waals surface area contributed by atoms with Gasteiger partial charge in [0.15, 0.2) is 0 Å². The van der Waals surface area contributed by atoms with Gasteiger partial charge in [0.05, 0.1) is 6.42 Å². The normalized spacial score (nSPS) is 11.0. The molecule has 24 heavy (non-hydrogen) atoms. The highest BCUT2D eigenvalue weighted by atomic mass is 79.9. The molecule has 0 aliphatic rings. The minimum absolute atomic E-state index is 0.101. The first-order valence-electron chi connectivity index (χ1n) is 7.39. The van der Waals surface area contributed by atoms with E-state index in [0.717, 1.165) is 10.0 Å². The fourth-order valence-corrected chi connectivity index (χ4v) is 2.19. The standard InChI is InChI=1S/C18H18BrN3O2/c1-12-3-5-14(6-4-12)18(24)22-21-13(2)11-17(23)20-16-9-7-15(19)8-10-16/h3-10H,11H2,1-2H3,(H,20,23)(H,22,24)/b21-13+. The molecule has 2 N–H and O–H groups in total. The zero-order valence-corrected chi connectivity index (χ0v) is 15.1. The number of aryl methyl sites for hydroxylation is 1. The summed E-state index contributed by atoms with van der Waals surface area (Å²) in [6.45, 7) is 3.64. The highest BCUT2D eigenvalue weighted by Crippen LogP contribution is 2.14. The molecule has 0 radical (unpaired) electrons. The van der Waals surface area contributed by atoms with Crippen molar-refractivity contribution in [2.75, 3.05) is 5.32 Å². The van der Waals surface area contributed by atoms with Gasteiger partial charge >= 0.3 is 0 Å². The molecule has 0 spiro atoms. The topological polar surface area (TPSA) is 70.6 Å². The lowest BCUT2D eigenvalue weighted by molar-refractivity contribution is -0.115. The highest BCUT2D eigenvalue weighted by molar-refractivity contribution is 9.10. The Kier molecular flexibility index (Phi) is 6.26. The molecule has 2 aromatic carbocycles. The van der Waals surface area contributed by atoms with Crippen molar-refractivity contribution in [2.45, 2.75) is 20.3 Å².